The van der Waals surface area contributed by atoms with Crippen molar-refractivity contribution in [3.05, 3.63) is 23.5 Å². The Morgan fingerprint density at radius 1 is 1.26 bits per heavy atom. The Kier molecular flexibility index (Phi) is 7.51. The third-order valence-corrected chi connectivity index (χ3v) is 6.90. The van der Waals surface area contributed by atoms with Crippen LogP contribution in [0.3, 0.4) is 0 Å². The number of carboxylic acids is 1. The van der Waals surface area contributed by atoms with Gasteiger partial charge >= 0.3 is 12.1 Å². The molecule has 0 aromatic carbocycles. The monoisotopic (exact) mass is 489 g/mol. The number of carboxylic acid groups (broad SMARTS) is 1. The second kappa shape index (κ2) is 10.6. The first-order chi connectivity index (χ1) is 16.7. The molecular formula is C24H32FN5O5. The number of carbonyl (C=O) groups excluding carboxylic acids is 1. The molecule has 0 spiro atoms. The van der Waals surface area contributed by atoms with Crippen molar-refractivity contribution in [2.75, 3.05) is 6.54 Å². The summed E-state index contributed by atoms with van der Waals surface area (Å²) in [7, 11) is 1.71. The van der Waals surface area contributed by atoms with Gasteiger partial charge < -0.3 is 19.9 Å². The number of halogens is 1. The number of amides is 1. The fraction of sp³-hybridized carbons (Fsp3) is 0.625. The Bertz CT molecular complexity index is 1070. The van der Waals surface area contributed by atoms with Gasteiger partial charge in [-0.15, -0.1) is 5.10 Å². The lowest BCUT2D eigenvalue weighted by molar-refractivity contribution is -0.155. The molecule has 0 bridgehead atoms. The number of pyridine rings is 1. The lowest BCUT2D eigenvalue weighted by Gasteiger charge is -2.32. The van der Waals surface area contributed by atoms with Crippen LogP contribution >= 0.6 is 0 Å². The van der Waals surface area contributed by atoms with E-state index in [-0.39, 0.29) is 19.4 Å². The van der Waals surface area contributed by atoms with E-state index in [0.717, 1.165) is 12.8 Å². The maximum absolute atomic E-state index is 14.6. The average Bonchev–Trinajstić information content (AvgIpc) is 3.47. The number of ether oxygens (including phenoxy) is 2. The highest BCUT2D eigenvalue weighted by Gasteiger charge is 2.44. The van der Waals surface area contributed by atoms with E-state index in [1.807, 2.05) is 0 Å². The minimum Gasteiger partial charge on any atom is -0.488 e. The van der Waals surface area contributed by atoms with Crippen molar-refractivity contribution in [1.82, 2.24) is 25.3 Å². The molecule has 190 valence electrons. The number of nitrogens with one attached hydrogen (secondary N) is 1. The van der Waals surface area contributed by atoms with Crippen LogP contribution in [0.15, 0.2) is 12.1 Å². The maximum Gasteiger partial charge on any atom is 0.407 e. The topological polar surface area (TPSA) is 128 Å². The zero-order valence-corrected chi connectivity index (χ0v) is 20.1. The molecule has 2 aromatic heterocycles. The largest absolute Gasteiger partial charge is 0.488 e. The highest BCUT2D eigenvalue weighted by atomic mass is 19.1. The van der Waals surface area contributed by atoms with Crippen LogP contribution in [0.2, 0.25) is 0 Å². The van der Waals surface area contributed by atoms with Crippen LogP contribution in [-0.4, -0.2) is 55.5 Å². The van der Waals surface area contributed by atoms with E-state index in [2.05, 4.69) is 20.6 Å². The van der Waals surface area contributed by atoms with Crippen LogP contribution in [0.25, 0.3) is 11.4 Å². The Hall–Kier alpha value is -3.24. The molecule has 2 fully saturated rings. The minimum absolute atomic E-state index is 0.00546. The number of aliphatic carboxylic acids is 1. The first-order valence-corrected chi connectivity index (χ1v) is 12.1. The highest BCUT2D eigenvalue weighted by Crippen LogP contribution is 2.35. The van der Waals surface area contributed by atoms with Crippen molar-refractivity contribution in [2.45, 2.75) is 76.7 Å². The summed E-state index contributed by atoms with van der Waals surface area (Å²) in [5.41, 5.74) is -0.0986. The lowest BCUT2D eigenvalue weighted by Crippen LogP contribution is -2.42. The van der Waals surface area contributed by atoms with Gasteiger partial charge in [0.1, 0.15) is 29.8 Å². The van der Waals surface area contributed by atoms with Crippen LogP contribution in [-0.2, 0) is 23.2 Å². The molecule has 2 saturated carbocycles. The fourth-order valence-corrected chi connectivity index (χ4v) is 4.82. The van der Waals surface area contributed by atoms with E-state index >= 15 is 0 Å². The first kappa shape index (κ1) is 24.9. The molecule has 2 atom stereocenters. The number of hydrogen-bond acceptors (Lipinski definition) is 7. The van der Waals surface area contributed by atoms with Gasteiger partial charge in [0.15, 0.2) is 0 Å². The van der Waals surface area contributed by atoms with Gasteiger partial charge in [0.05, 0.1) is 11.4 Å². The summed E-state index contributed by atoms with van der Waals surface area (Å²) in [6, 6.07) is 3.42. The molecule has 2 N–H and O–H groups in total. The van der Waals surface area contributed by atoms with E-state index in [9.17, 15) is 19.1 Å². The number of carbonyl (C=O) groups is 2. The molecule has 2 heterocycles. The molecule has 0 radical (unpaired) electrons. The zero-order valence-electron chi connectivity index (χ0n) is 20.1. The van der Waals surface area contributed by atoms with Crippen molar-refractivity contribution >= 4 is 12.1 Å². The second-order valence-corrected chi connectivity index (χ2v) is 9.50. The Labute approximate surface area is 203 Å². The fourth-order valence-electron chi connectivity index (χ4n) is 4.82. The third kappa shape index (κ3) is 5.88. The van der Waals surface area contributed by atoms with E-state index in [4.69, 9.17) is 9.47 Å². The van der Waals surface area contributed by atoms with Gasteiger partial charge in [-0.25, -0.2) is 23.6 Å². The van der Waals surface area contributed by atoms with Crippen LogP contribution in [0.4, 0.5) is 9.18 Å². The Morgan fingerprint density at radius 2 is 2.03 bits per heavy atom. The van der Waals surface area contributed by atoms with E-state index in [1.54, 1.807) is 26.1 Å². The van der Waals surface area contributed by atoms with E-state index in [0.29, 0.717) is 53.8 Å². The maximum atomic E-state index is 14.6. The van der Waals surface area contributed by atoms with Crippen molar-refractivity contribution < 1.29 is 28.6 Å². The van der Waals surface area contributed by atoms with Crippen LogP contribution in [0, 0.1) is 12.8 Å². The summed E-state index contributed by atoms with van der Waals surface area (Å²) in [4.78, 5) is 28.0. The molecule has 2 unspecified atom stereocenters. The van der Waals surface area contributed by atoms with Crippen molar-refractivity contribution in [3.8, 4) is 17.1 Å². The van der Waals surface area contributed by atoms with Crippen molar-refractivity contribution in [1.29, 1.82) is 0 Å². The molecule has 1 amide bonds. The predicted molar refractivity (Wildman–Crippen MR) is 123 cm³/mol. The Morgan fingerprint density at radius 3 is 2.74 bits per heavy atom. The van der Waals surface area contributed by atoms with Gasteiger partial charge in [0, 0.05) is 20.0 Å². The summed E-state index contributed by atoms with van der Waals surface area (Å²) in [6.07, 6.45) is 4.49. The van der Waals surface area contributed by atoms with Gasteiger partial charge in [0.25, 0.3) is 0 Å². The lowest BCUT2D eigenvalue weighted by atomic mass is 9.84. The molecule has 35 heavy (non-hydrogen) atoms. The molecule has 0 saturated heterocycles. The van der Waals surface area contributed by atoms with Crippen molar-refractivity contribution in [3.63, 3.8) is 0 Å². The molecule has 10 nitrogen and oxygen atoms in total. The standard InChI is InChI=1S/C24H32FN5O5/c1-15-20(35-17-8-5-11-24(25,12-17)22(31)32)10-9-18(27-15)21-19(30(2)29-28-21)14-34-23(33)26-13-16-6-3-4-7-16/h9-10,16-17H,3-8,11-14H2,1-2H3,(H,26,33)(H,31,32). The third-order valence-electron chi connectivity index (χ3n) is 6.90. The van der Waals surface area contributed by atoms with Gasteiger partial charge in [-0.2, -0.15) is 0 Å². The van der Waals surface area contributed by atoms with Crippen LogP contribution < -0.4 is 10.1 Å². The van der Waals surface area contributed by atoms with Gasteiger partial charge in [-0.05, 0) is 57.1 Å². The highest BCUT2D eigenvalue weighted by molar-refractivity contribution is 5.77. The number of aromatic nitrogens is 4. The molecule has 0 aliphatic heterocycles. The summed E-state index contributed by atoms with van der Waals surface area (Å²) in [5.74, 6) is -0.467. The quantitative estimate of drug-likeness (QED) is 0.574. The Balaban J connectivity index is 1.39. The van der Waals surface area contributed by atoms with Crippen LogP contribution in [0.1, 0.15) is 62.8 Å². The number of aryl methyl sites for hydroxylation is 2. The second-order valence-electron chi connectivity index (χ2n) is 9.50. The number of alkyl carbamates (subject to hydrolysis) is 1. The predicted octanol–water partition coefficient (Wildman–Crippen LogP) is 3.72. The molecule has 11 heteroatoms. The summed E-state index contributed by atoms with van der Waals surface area (Å²) < 4.78 is 27.4. The molecule has 2 aromatic rings. The zero-order chi connectivity index (χ0) is 25.0. The molecular weight excluding hydrogens is 457 g/mol. The van der Waals surface area contributed by atoms with Crippen LogP contribution in [0.5, 0.6) is 5.75 Å². The number of hydrogen-bond donors (Lipinski definition) is 2. The molecule has 2 aliphatic rings. The number of alkyl halides is 1. The number of nitrogens with zero attached hydrogens (tertiary/aromatic N) is 4. The smallest absolute Gasteiger partial charge is 0.407 e. The van der Waals surface area contributed by atoms with Gasteiger partial charge in [-0.1, -0.05) is 18.1 Å². The van der Waals surface area contributed by atoms with Crippen molar-refractivity contribution in [2.24, 2.45) is 13.0 Å². The summed E-state index contributed by atoms with van der Waals surface area (Å²) >= 11 is 0. The summed E-state index contributed by atoms with van der Waals surface area (Å²) in [6.45, 7) is 2.36. The number of rotatable bonds is 8. The average molecular weight is 490 g/mol. The SMILES string of the molecule is Cc1nc(-c2nnn(C)c2COC(=O)NCC2CCCC2)ccc1OC1CCCC(F)(C(=O)O)C1. The van der Waals surface area contributed by atoms with Gasteiger partial charge in [0.2, 0.25) is 5.67 Å². The van der Waals surface area contributed by atoms with E-state index < -0.39 is 23.8 Å². The minimum atomic E-state index is -2.26. The molecule has 4 rings (SSSR count). The van der Waals surface area contributed by atoms with Gasteiger partial charge in [-0.3, -0.25) is 0 Å². The first-order valence-electron chi connectivity index (χ1n) is 12.1. The summed E-state index contributed by atoms with van der Waals surface area (Å²) in [5, 5.41) is 20.2. The molecule has 2 aliphatic carbocycles. The normalized spacial score (nSPS) is 22.7. The van der Waals surface area contributed by atoms with E-state index in [1.165, 1.54) is 17.5 Å².